The number of ether oxygens (including phenoxy) is 1. The molecule has 0 heterocycles. The van der Waals surface area contributed by atoms with E-state index in [0.29, 0.717) is 0 Å². The molecule has 1 aromatic rings. The van der Waals surface area contributed by atoms with Crippen molar-refractivity contribution in [3.05, 3.63) is 29.8 Å². The lowest BCUT2D eigenvalue weighted by molar-refractivity contribution is -0.134. The summed E-state index contributed by atoms with van der Waals surface area (Å²) in [5.41, 5.74) is 1.27. The van der Waals surface area contributed by atoms with Crippen LogP contribution in [0.25, 0.3) is 0 Å². The Hall–Kier alpha value is -1.88. The van der Waals surface area contributed by atoms with Crippen LogP contribution in [-0.2, 0) is 16.1 Å². The zero-order valence-corrected chi connectivity index (χ0v) is 12.8. The molecule has 0 aliphatic rings. The SMILES string of the molecule is CC(=O)O.CC(C)C=O.CNCc1ccc(OC)cc1. The molecule has 1 aromatic carbocycles. The molecule has 0 aromatic heterocycles. The highest BCUT2D eigenvalue weighted by molar-refractivity contribution is 5.62. The molecule has 0 unspecified atom stereocenters. The van der Waals surface area contributed by atoms with E-state index in [1.807, 2.05) is 33.0 Å². The van der Waals surface area contributed by atoms with Crippen LogP contribution in [0.15, 0.2) is 24.3 Å². The van der Waals surface area contributed by atoms with Gasteiger partial charge in [0.05, 0.1) is 7.11 Å². The first kappa shape index (κ1) is 20.4. The lowest BCUT2D eigenvalue weighted by atomic mass is 10.2. The molecule has 0 amide bonds. The van der Waals surface area contributed by atoms with E-state index in [-0.39, 0.29) is 5.92 Å². The van der Waals surface area contributed by atoms with E-state index in [1.165, 1.54) is 5.56 Å². The quantitative estimate of drug-likeness (QED) is 0.830. The number of carboxylic acid groups (broad SMARTS) is 1. The maximum absolute atomic E-state index is 9.50. The van der Waals surface area contributed by atoms with Gasteiger partial charge in [0.2, 0.25) is 0 Å². The molecule has 1 rings (SSSR count). The van der Waals surface area contributed by atoms with Crippen LogP contribution in [0.3, 0.4) is 0 Å². The Kier molecular flexibility index (Phi) is 13.8. The van der Waals surface area contributed by atoms with E-state index in [9.17, 15) is 4.79 Å². The monoisotopic (exact) mass is 283 g/mol. The largest absolute Gasteiger partial charge is 0.497 e. The minimum Gasteiger partial charge on any atom is -0.497 e. The molecule has 0 radical (unpaired) electrons. The highest BCUT2D eigenvalue weighted by atomic mass is 16.5. The van der Waals surface area contributed by atoms with Crippen molar-refractivity contribution in [3.8, 4) is 5.75 Å². The topological polar surface area (TPSA) is 75.6 Å². The zero-order chi connectivity index (χ0) is 16.0. The smallest absolute Gasteiger partial charge is 0.300 e. The summed E-state index contributed by atoms with van der Waals surface area (Å²) in [5, 5.41) is 10.5. The van der Waals surface area contributed by atoms with Gasteiger partial charge in [-0.25, -0.2) is 0 Å². The number of aliphatic carboxylic acids is 1. The lowest BCUT2D eigenvalue weighted by Gasteiger charge is -2.01. The Labute approximate surface area is 121 Å². The van der Waals surface area contributed by atoms with E-state index in [1.54, 1.807) is 7.11 Å². The van der Waals surface area contributed by atoms with Crippen molar-refractivity contribution in [2.75, 3.05) is 14.2 Å². The average Bonchev–Trinajstić information content (AvgIpc) is 2.40. The standard InChI is InChI=1S/C9H13NO.C4H8O.C2H4O2/c1-10-7-8-3-5-9(11-2)6-4-8;1-4(2)3-5;1-2(3)4/h3-6,10H,7H2,1-2H3;3-4H,1-2H3;1H3,(H,3,4). The fourth-order valence-electron chi connectivity index (χ4n) is 0.948. The fraction of sp³-hybridized carbons (Fsp3) is 0.467. The number of aldehydes is 1. The molecule has 0 spiro atoms. The highest BCUT2D eigenvalue weighted by Gasteiger charge is 1.90. The summed E-state index contributed by atoms with van der Waals surface area (Å²) < 4.78 is 5.03. The van der Waals surface area contributed by atoms with Crippen molar-refractivity contribution in [1.82, 2.24) is 5.32 Å². The van der Waals surface area contributed by atoms with Gasteiger partial charge in [-0.15, -0.1) is 0 Å². The number of carbonyl (C=O) groups excluding carboxylic acids is 1. The van der Waals surface area contributed by atoms with Gasteiger partial charge in [-0.2, -0.15) is 0 Å². The number of nitrogens with one attached hydrogen (secondary N) is 1. The Balaban J connectivity index is 0. The number of carboxylic acids is 1. The third-order valence-electron chi connectivity index (χ3n) is 1.81. The van der Waals surface area contributed by atoms with Crippen LogP contribution in [0.1, 0.15) is 26.3 Å². The van der Waals surface area contributed by atoms with Crippen LogP contribution in [0.5, 0.6) is 5.75 Å². The number of benzene rings is 1. The molecule has 0 fully saturated rings. The van der Waals surface area contributed by atoms with Gasteiger partial charge in [-0.05, 0) is 24.7 Å². The molecule has 0 bridgehead atoms. The van der Waals surface area contributed by atoms with Gasteiger partial charge < -0.3 is 20.0 Å². The second-order valence-electron chi connectivity index (χ2n) is 4.28. The van der Waals surface area contributed by atoms with Crippen LogP contribution in [-0.4, -0.2) is 31.5 Å². The second-order valence-corrected chi connectivity index (χ2v) is 4.28. The predicted molar refractivity (Wildman–Crippen MR) is 80.0 cm³/mol. The Morgan fingerprint density at radius 3 is 2.00 bits per heavy atom. The summed E-state index contributed by atoms with van der Waals surface area (Å²) in [6, 6.07) is 8.03. The molecule has 0 aliphatic heterocycles. The van der Waals surface area contributed by atoms with Crippen molar-refractivity contribution >= 4 is 12.3 Å². The molecule has 5 heteroatoms. The predicted octanol–water partition coefficient (Wildman–Crippen LogP) is 2.35. The number of carbonyl (C=O) groups is 2. The molecule has 0 atom stereocenters. The van der Waals surface area contributed by atoms with Gasteiger partial charge in [0.25, 0.3) is 5.97 Å². The Bertz CT molecular complexity index is 357. The maximum atomic E-state index is 9.50. The second kappa shape index (κ2) is 13.5. The van der Waals surface area contributed by atoms with Crippen molar-refractivity contribution in [2.45, 2.75) is 27.3 Å². The Morgan fingerprint density at radius 2 is 1.75 bits per heavy atom. The van der Waals surface area contributed by atoms with E-state index in [4.69, 9.17) is 14.6 Å². The van der Waals surface area contributed by atoms with Gasteiger partial charge in [-0.3, -0.25) is 4.79 Å². The van der Waals surface area contributed by atoms with Crippen molar-refractivity contribution in [1.29, 1.82) is 0 Å². The third kappa shape index (κ3) is 16.1. The molecule has 0 saturated carbocycles. The fourth-order valence-corrected chi connectivity index (χ4v) is 0.948. The zero-order valence-electron chi connectivity index (χ0n) is 12.8. The van der Waals surface area contributed by atoms with Crippen molar-refractivity contribution in [3.63, 3.8) is 0 Å². The van der Waals surface area contributed by atoms with E-state index in [0.717, 1.165) is 25.5 Å². The third-order valence-corrected chi connectivity index (χ3v) is 1.81. The molecule has 2 N–H and O–H groups in total. The number of hydrogen-bond acceptors (Lipinski definition) is 4. The molecular formula is C15H25NO4. The number of methoxy groups -OCH3 is 1. The highest BCUT2D eigenvalue weighted by Crippen LogP contribution is 2.10. The summed E-state index contributed by atoms with van der Waals surface area (Å²) in [7, 11) is 3.61. The van der Waals surface area contributed by atoms with E-state index >= 15 is 0 Å². The van der Waals surface area contributed by atoms with E-state index < -0.39 is 5.97 Å². The van der Waals surface area contributed by atoms with Gasteiger partial charge in [0.1, 0.15) is 12.0 Å². The molecule has 0 saturated heterocycles. The molecule has 114 valence electrons. The average molecular weight is 283 g/mol. The lowest BCUT2D eigenvalue weighted by Crippen LogP contribution is -2.04. The van der Waals surface area contributed by atoms with Gasteiger partial charge in [0, 0.05) is 19.4 Å². The minimum absolute atomic E-state index is 0.204. The normalized spacial score (nSPS) is 8.70. The first-order valence-electron chi connectivity index (χ1n) is 6.29. The van der Waals surface area contributed by atoms with Crippen LogP contribution in [0, 0.1) is 5.92 Å². The van der Waals surface area contributed by atoms with Crippen molar-refractivity contribution in [2.24, 2.45) is 5.92 Å². The van der Waals surface area contributed by atoms with Crippen LogP contribution >= 0.6 is 0 Å². The summed E-state index contributed by atoms with van der Waals surface area (Å²) >= 11 is 0. The van der Waals surface area contributed by atoms with Crippen LogP contribution in [0.4, 0.5) is 0 Å². The molecule has 5 nitrogen and oxygen atoms in total. The summed E-state index contributed by atoms with van der Waals surface area (Å²) in [5.74, 6) is 0.278. The first-order valence-corrected chi connectivity index (χ1v) is 6.29. The van der Waals surface area contributed by atoms with E-state index in [2.05, 4.69) is 17.4 Å². The molecule has 20 heavy (non-hydrogen) atoms. The maximum Gasteiger partial charge on any atom is 0.300 e. The minimum atomic E-state index is -0.833. The van der Waals surface area contributed by atoms with Gasteiger partial charge in [-0.1, -0.05) is 26.0 Å². The first-order chi connectivity index (χ1) is 9.37. The molecular weight excluding hydrogens is 258 g/mol. The van der Waals surface area contributed by atoms with Crippen molar-refractivity contribution < 1.29 is 19.4 Å². The Morgan fingerprint density at radius 1 is 1.35 bits per heavy atom. The summed E-state index contributed by atoms with van der Waals surface area (Å²) in [6.45, 7) is 5.70. The number of hydrogen-bond donors (Lipinski definition) is 2. The van der Waals surface area contributed by atoms with Gasteiger partial charge in [0.15, 0.2) is 0 Å². The molecule has 0 aliphatic carbocycles. The van der Waals surface area contributed by atoms with Crippen LogP contribution < -0.4 is 10.1 Å². The summed E-state index contributed by atoms with van der Waals surface area (Å²) in [4.78, 5) is 18.5. The van der Waals surface area contributed by atoms with Gasteiger partial charge >= 0.3 is 0 Å². The summed E-state index contributed by atoms with van der Waals surface area (Å²) in [6.07, 6.45) is 0.917. The number of rotatable bonds is 4. The van der Waals surface area contributed by atoms with Crippen LogP contribution in [0.2, 0.25) is 0 Å².